The standard InChI is InChI=1S/C15H18BrF2NO2/c16-10-12-4-2-1-3-9-19(12)14(20)11-5-7-13(8-6-11)21-15(17)18/h5-8,12,15H,1-4,9-10H2. The van der Waals surface area contributed by atoms with Crippen LogP contribution < -0.4 is 4.74 Å². The summed E-state index contributed by atoms with van der Waals surface area (Å²) in [7, 11) is 0. The Kier molecular flexibility index (Phi) is 5.96. The SMILES string of the molecule is O=C(c1ccc(OC(F)F)cc1)N1CCCCCC1CBr. The van der Waals surface area contributed by atoms with E-state index in [9.17, 15) is 13.6 Å². The van der Waals surface area contributed by atoms with E-state index in [-0.39, 0.29) is 17.7 Å². The van der Waals surface area contributed by atoms with Gasteiger partial charge in [-0.3, -0.25) is 4.79 Å². The van der Waals surface area contributed by atoms with Crippen molar-refractivity contribution >= 4 is 21.8 Å². The van der Waals surface area contributed by atoms with Gasteiger partial charge in [0.25, 0.3) is 5.91 Å². The van der Waals surface area contributed by atoms with Crippen LogP contribution >= 0.6 is 15.9 Å². The number of amides is 1. The Bertz CT molecular complexity index is 467. The van der Waals surface area contributed by atoms with Crippen molar-refractivity contribution in [2.45, 2.75) is 38.3 Å². The van der Waals surface area contributed by atoms with Crippen LogP contribution in [0, 0.1) is 0 Å². The van der Waals surface area contributed by atoms with Crippen LogP contribution in [0.5, 0.6) is 5.75 Å². The molecule has 1 aliphatic heterocycles. The van der Waals surface area contributed by atoms with Crippen molar-refractivity contribution in [3.05, 3.63) is 29.8 Å². The number of hydrogen-bond donors (Lipinski definition) is 0. The molecule has 21 heavy (non-hydrogen) atoms. The molecule has 1 saturated heterocycles. The Morgan fingerprint density at radius 2 is 2.00 bits per heavy atom. The fraction of sp³-hybridized carbons (Fsp3) is 0.533. The number of alkyl halides is 3. The molecule has 1 amide bonds. The molecular weight excluding hydrogens is 344 g/mol. The van der Waals surface area contributed by atoms with Crippen molar-refractivity contribution in [1.29, 1.82) is 0 Å². The van der Waals surface area contributed by atoms with Crippen molar-refractivity contribution in [1.82, 2.24) is 4.90 Å². The van der Waals surface area contributed by atoms with Gasteiger partial charge in [0.1, 0.15) is 5.75 Å². The van der Waals surface area contributed by atoms with E-state index in [4.69, 9.17) is 0 Å². The average molecular weight is 362 g/mol. The largest absolute Gasteiger partial charge is 0.435 e. The van der Waals surface area contributed by atoms with Gasteiger partial charge >= 0.3 is 6.61 Å². The van der Waals surface area contributed by atoms with Crippen LogP contribution in [0.4, 0.5) is 8.78 Å². The Morgan fingerprint density at radius 1 is 1.29 bits per heavy atom. The van der Waals surface area contributed by atoms with Gasteiger partial charge in [-0.1, -0.05) is 28.8 Å². The Hall–Kier alpha value is -1.17. The highest BCUT2D eigenvalue weighted by molar-refractivity contribution is 9.09. The number of rotatable bonds is 4. The maximum Gasteiger partial charge on any atom is 0.387 e. The molecule has 1 heterocycles. The molecule has 1 atom stereocenters. The van der Waals surface area contributed by atoms with Crippen molar-refractivity contribution in [3.63, 3.8) is 0 Å². The molecule has 3 nitrogen and oxygen atoms in total. The van der Waals surface area contributed by atoms with E-state index >= 15 is 0 Å². The maximum absolute atomic E-state index is 12.6. The molecule has 2 rings (SSSR count). The molecule has 1 unspecified atom stereocenters. The second-order valence-electron chi connectivity index (χ2n) is 5.06. The Labute approximate surface area is 131 Å². The van der Waals surface area contributed by atoms with Crippen molar-refractivity contribution in [2.75, 3.05) is 11.9 Å². The number of halogens is 3. The summed E-state index contributed by atoms with van der Waals surface area (Å²) in [5.41, 5.74) is 0.504. The van der Waals surface area contributed by atoms with Crippen LogP contribution in [0.3, 0.4) is 0 Å². The van der Waals surface area contributed by atoms with Crippen LogP contribution in [0.15, 0.2) is 24.3 Å². The summed E-state index contributed by atoms with van der Waals surface area (Å²) in [6.45, 7) is -2.11. The minimum absolute atomic E-state index is 0.0510. The van der Waals surface area contributed by atoms with Crippen LogP contribution in [-0.4, -0.2) is 35.3 Å². The summed E-state index contributed by atoms with van der Waals surface area (Å²) < 4.78 is 28.5. The van der Waals surface area contributed by atoms with Crippen LogP contribution in [0.25, 0.3) is 0 Å². The van der Waals surface area contributed by atoms with E-state index in [1.165, 1.54) is 24.3 Å². The molecule has 1 aromatic rings. The number of nitrogens with zero attached hydrogens (tertiary/aromatic N) is 1. The minimum atomic E-state index is -2.85. The molecule has 0 N–H and O–H groups in total. The molecule has 6 heteroatoms. The van der Waals surface area contributed by atoms with E-state index in [1.807, 2.05) is 4.90 Å². The minimum Gasteiger partial charge on any atom is -0.435 e. The summed E-state index contributed by atoms with van der Waals surface area (Å²) in [5, 5.41) is 0.755. The van der Waals surface area contributed by atoms with E-state index in [0.717, 1.165) is 37.6 Å². The molecule has 1 aliphatic rings. The zero-order chi connectivity index (χ0) is 15.2. The predicted octanol–water partition coefficient (Wildman–Crippen LogP) is 4.07. The number of carbonyl (C=O) groups is 1. The highest BCUT2D eigenvalue weighted by Gasteiger charge is 2.25. The third kappa shape index (κ3) is 4.40. The molecule has 0 saturated carbocycles. The summed E-state index contributed by atoms with van der Waals surface area (Å²) >= 11 is 3.47. The van der Waals surface area contributed by atoms with E-state index in [2.05, 4.69) is 20.7 Å². The number of benzene rings is 1. The summed E-state index contributed by atoms with van der Waals surface area (Å²) in [6, 6.07) is 6.07. The van der Waals surface area contributed by atoms with Gasteiger partial charge in [-0.25, -0.2) is 0 Å². The number of hydrogen-bond acceptors (Lipinski definition) is 2. The van der Waals surface area contributed by atoms with E-state index < -0.39 is 6.61 Å². The fourth-order valence-corrected chi connectivity index (χ4v) is 3.22. The quantitative estimate of drug-likeness (QED) is 0.756. The maximum atomic E-state index is 12.6. The van der Waals surface area contributed by atoms with Crippen molar-refractivity contribution in [2.24, 2.45) is 0 Å². The lowest BCUT2D eigenvalue weighted by atomic mass is 10.1. The molecule has 0 radical (unpaired) electrons. The molecule has 0 bridgehead atoms. The van der Waals surface area contributed by atoms with Gasteiger partial charge in [0.15, 0.2) is 0 Å². The molecule has 116 valence electrons. The lowest BCUT2D eigenvalue weighted by molar-refractivity contribution is -0.0498. The zero-order valence-electron chi connectivity index (χ0n) is 11.6. The molecule has 0 aliphatic carbocycles. The monoisotopic (exact) mass is 361 g/mol. The molecule has 0 spiro atoms. The normalized spacial score (nSPS) is 19.4. The second-order valence-corrected chi connectivity index (χ2v) is 5.71. The highest BCUT2D eigenvalue weighted by Crippen LogP contribution is 2.22. The van der Waals surface area contributed by atoms with E-state index in [0.29, 0.717) is 5.56 Å². The summed E-state index contributed by atoms with van der Waals surface area (Å²) in [6.07, 6.45) is 4.25. The van der Waals surface area contributed by atoms with Crippen LogP contribution in [-0.2, 0) is 0 Å². The fourth-order valence-electron chi connectivity index (χ4n) is 2.55. The van der Waals surface area contributed by atoms with Crippen molar-refractivity contribution in [3.8, 4) is 5.75 Å². The summed E-state index contributed by atoms with van der Waals surface area (Å²) in [4.78, 5) is 14.5. The first-order valence-corrected chi connectivity index (χ1v) is 8.16. The van der Waals surface area contributed by atoms with Crippen LogP contribution in [0.1, 0.15) is 36.0 Å². The van der Waals surface area contributed by atoms with Gasteiger partial charge in [-0.05, 0) is 37.1 Å². The van der Waals surface area contributed by atoms with E-state index in [1.54, 1.807) is 0 Å². The Balaban J connectivity index is 2.10. The highest BCUT2D eigenvalue weighted by atomic mass is 79.9. The third-order valence-corrected chi connectivity index (χ3v) is 4.39. The zero-order valence-corrected chi connectivity index (χ0v) is 13.2. The number of likely N-dealkylation sites (tertiary alicyclic amines) is 1. The topological polar surface area (TPSA) is 29.5 Å². The van der Waals surface area contributed by atoms with Gasteiger partial charge in [-0.15, -0.1) is 0 Å². The average Bonchev–Trinajstić information content (AvgIpc) is 2.71. The Morgan fingerprint density at radius 3 is 2.62 bits per heavy atom. The first kappa shape index (κ1) is 16.2. The lowest BCUT2D eigenvalue weighted by Gasteiger charge is -2.28. The van der Waals surface area contributed by atoms with Crippen LogP contribution in [0.2, 0.25) is 0 Å². The van der Waals surface area contributed by atoms with Gasteiger partial charge in [0, 0.05) is 23.5 Å². The lowest BCUT2D eigenvalue weighted by Crippen LogP contribution is -2.41. The molecular formula is C15H18BrF2NO2. The van der Waals surface area contributed by atoms with Gasteiger partial charge in [0.2, 0.25) is 0 Å². The first-order chi connectivity index (χ1) is 10.1. The van der Waals surface area contributed by atoms with Gasteiger partial charge < -0.3 is 9.64 Å². The first-order valence-electron chi connectivity index (χ1n) is 7.03. The third-order valence-electron chi connectivity index (χ3n) is 3.64. The summed E-state index contributed by atoms with van der Waals surface area (Å²) in [5.74, 6) is 0.0133. The molecule has 1 fully saturated rings. The van der Waals surface area contributed by atoms with Crippen molar-refractivity contribution < 1.29 is 18.3 Å². The smallest absolute Gasteiger partial charge is 0.387 e. The molecule has 0 aromatic heterocycles. The second kappa shape index (κ2) is 7.73. The molecule has 1 aromatic carbocycles. The predicted molar refractivity (Wildman–Crippen MR) is 80.2 cm³/mol. The number of ether oxygens (including phenoxy) is 1. The number of carbonyl (C=O) groups excluding carboxylic acids is 1. The van der Waals surface area contributed by atoms with Gasteiger partial charge in [0.05, 0.1) is 0 Å². The van der Waals surface area contributed by atoms with Gasteiger partial charge in [-0.2, -0.15) is 8.78 Å².